The fourth-order valence-corrected chi connectivity index (χ4v) is 5.00. The zero-order valence-corrected chi connectivity index (χ0v) is 14.9. The van der Waals surface area contributed by atoms with E-state index in [1.807, 2.05) is 0 Å². The van der Waals surface area contributed by atoms with Gasteiger partial charge in [0.05, 0.1) is 0 Å². The Morgan fingerprint density at radius 3 is 2.35 bits per heavy atom. The Morgan fingerprint density at radius 2 is 1.57 bits per heavy atom. The minimum absolute atomic E-state index is 0.326. The highest BCUT2D eigenvalue weighted by atomic mass is 16.1. The molecule has 2 saturated carbocycles. The van der Waals surface area contributed by atoms with Crippen LogP contribution < -0.4 is 5.32 Å². The van der Waals surface area contributed by atoms with Crippen molar-refractivity contribution in [2.75, 3.05) is 19.6 Å². The molecule has 3 nitrogen and oxygen atoms in total. The molecule has 0 spiro atoms. The third-order valence-electron chi connectivity index (χ3n) is 6.45. The molecule has 1 amide bonds. The van der Waals surface area contributed by atoms with Crippen molar-refractivity contribution in [2.45, 2.75) is 89.5 Å². The lowest BCUT2D eigenvalue weighted by molar-refractivity contribution is -0.122. The standard InChI is InChI=1S/C20H36N2O/c23-20(13-12-17-8-2-3-9-17)21-19-11-5-4-10-18(19)16-22-14-6-1-7-15-22/h17-19H,1-16H2,(H,21,23). The molecule has 0 aromatic rings. The van der Waals surface area contributed by atoms with E-state index >= 15 is 0 Å². The largest absolute Gasteiger partial charge is 0.353 e. The predicted molar refractivity (Wildman–Crippen MR) is 95.4 cm³/mol. The molecule has 0 radical (unpaired) electrons. The van der Waals surface area contributed by atoms with Gasteiger partial charge in [-0.05, 0) is 57.0 Å². The molecule has 1 heterocycles. The lowest BCUT2D eigenvalue weighted by Crippen LogP contribution is -2.47. The van der Waals surface area contributed by atoms with E-state index in [1.165, 1.54) is 90.3 Å². The maximum absolute atomic E-state index is 12.4. The summed E-state index contributed by atoms with van der Waals surface area (Å²) in [5, 5.41) is 3.42. The van der Waals surface area contributed by atoms with Gasteiger partial charge in [0.2, 0.25) is 5.91 Å². The van der Waals surface area contributed by atoms with E-state index in [4.69, 9.17) is 0 Å². The fourth-order valence-electron chi connectivity index (χ4n) is 5.00. The average Bonchev–Trinajstić information content (AvgIpc) is 3.09. The number of carbonyl (C=O) groups excluding carboxylic acids is 1. The molecule has 2 aliphatic carbocycles. The number of rotatable bonds is 6. The number of hydrogen-bond acceptors (Lipinski definition) is 2. The second-order valence-corrected chi connectivity index (χ2v) is 8.27. The van der Waals surface area contributed by atoms with Crippen LogP contribution in [0.3, 0.4) is 0 Å². The van der Waals surface area contributed by atoms with Gasteiger partial charge in [-0.15, -0.1) is 0 Å². The van der Waals surface area contributed by atoms with Gasteiger partial charge in [-0.3, -0.25) is 4.79 Å². The molecular formula is C20H36N2O. The number of nitrogens with one attached hydrogen (secondary N) is 1. The minimum Gasteiger partial charge on any atom is -0.353 e. The Kier molecular flexibility index (Phi) is 6.79. The van der Waals surface area contributed by atoms with E-state index < -0.39 is 0 Å². The number of nitrogens with zero attached hydrogens (tertiary/aromatic N) is 1. The van der Waals surface area contributed by atoms with Crippen molar-refractivity contribution in [3.63, 3.8) is 0 Å². The quantitative estimate of drug-likeness (QED) is 0.798. The number of hydrogen-bond donors (Lipinski definition) is 1. The highest BCUT2D eigenvalue weighted by Gasteiger charge is 2.28. The van der Waals surface area contributed by atoms with Crippen molar-refractivity contribution in [3.8, 4) is 0 Å². The number of piperidine rings is 1. The summed E-state index contributed by atoms with van der Waals surface area (Å²) in [5.74, 6) is 1.85. The third-order valence-corrected chi connectivity index (χ3v) is 6.45. The monoisotopic (exact) mass is 320 g/mol. The van der Waals surface area contributed by atoms with Gasteiger partial charge in [-0.1, -0.05) is 44.9 Å². The van der Waals surface area contributed by atoms with Crippen LogP contribution in [0.25, 0.3) is 0 Å². The molecular weight excluding hydrogens is 284 g/mol. The summed E-state index contributed by atoms with van der Waals surface area (Å²) < 4.78 is 0. The van der Waals surface area contributed by atoms with E-state index in [0.29, 0.717) is 17.9 Å². The number of amides is 1. The number of likely N-dealkylation sites (tertiary alicyclic amines) is 1. The summed E-state index contributed by atoms with van der Waals surface area (Å²) in [7, 11) is 0. The summed E-state index contributed by atoms with van der Waals surface area (Å²) >= 11 is 0. The lowest BCUT2D eigenvalue weighted by atomic mass is 9.83. The SMILES string of the molecule is O=C(CCC1CCCC1)NC1CCCCC1CN1CCCCC1. The van der Waals surface area contributed by atoms with Crippen molar-refractivity contribution in [1.29, 1.82) is 0 Å². The van der Waals surface area contributed by atoms with Crippen LogP contribution >= 0.6 is 0 Å². The van der Waals surface area contributed by atoms with Crippen molar-refractivity contribution >= 4 is 5.91 Å². The molecule has 0 aromatic heterocycles. The molecule has 1 saturated heterocycles. The maximum atomic E-state index is 12.4. The first-order valence-corrected chi connectivity index (χ1v) is 10.3. The van der Waals surface area contributed by atoms with E-state index in [1.54, 1.807) is 0 Å². The second kappa shape index (κ2) is 9.05. The molecule has 3 aliphatic rings. The van der Waals surface area contributed by atoms with Gasteiger partial charge >= 0.3 is 0 Å². The van der Waals surface area contributed by atoms with Crippen LogP contribution in [0.4, 0.5) is 0 Å². The van der Waals surface area contributed by atoms with Crippen LogP contribution in [0.2, 0.25) is 0 Å². The number of carbonyl (C=O) groups is 1. The van der Waals surface area contributed by atoms with Crippen molar-refractivity contribution in [2.24, 2.45) is 11.8 Å². The van der Waals surface area contributed by atoms with Crippen molar-refractivity contribution in [3.05, 3.63) is 0 Å². The zero-order valence-electron chi connectivity index (χ0n) is 14.9. The van der Waals surface area contributed by atoms with E-state index in [9.17, 15) is 4.79 Å². The Hall–Kier alpha value is -0.570. The first-order chi connectivity index (χ1) is 11.3. The highest BCUT2D eigenvalue weighted by molar-refractivity contribution is 5.76. The molecule has 2 unspecified atom stereocenters. The molecule has 0 bridgehead atoms. The Morgan fingerprint density at radius 1 is 0.870 bits per heavy atom. The molecule has 132 valence electrons. The van der Waals surface area contributed by atoms with Gasteiger partial charge in [-0.2, -0.15) is 0 Å². The van der Waals surface area contributed by atoms with Gasteiger partial charge in [0.1, 0.15) is 0 Å². The molecule has 3 rings (SSSR count). The van der Waals surface area contributed by atoms with Gasteiger partial charge in [0.15, 0.2) is 0 Å². The van der Waals surface area contributed by atoms with Crippen molar-refractivity contribution in [1.82, 2.24) is 10.2 Å². The Bertz CT molecular complexity index is 359. The molecule has 3 heteroatoms. The van der Waals surface area contributed by atoms with Gasteiger partial charge in [0, 0.05) is 19.0 Å². The summed E-state index contributed by atoms with van der Waals surface area (Å²) in [6.45, 7) is 3.77. The minimum atomic E-state index is 0.326. The summed E-state index contributed by atoms with van der Waals surface area (Å²) in [6.07, 6.45) is 16.7. The molecule has 0 aromatic carbocycles. The highest BCUT2D eigenvalue weighted by Crippen LogP contribution is 2.29. The van der Waals surface area contributed by atoms with Crippen molar-refractivity contribution < 1.29 is 4.79 Å². The lowest BCUT2D eigenvalue weighted by Gasteiger charge is -2.37. The molecule has 2 atom stereocenters. The predicted octanol–water partition coefficient (Wildman–Crippen LogP) is 4.12. The van der Waals surface area contributed by atoms with Crippen LogP contribution in [0, 0.1) is 11.8 Å². The summed E-state index contributed by atoms with van der Waals surface area (Å²) in [5.41, 5.74) is 0. The fraction of sp³-hybridized carbons (Fsp3) is 0.950. The van der Waals surface area contributed by atoms with E-state index in [-0.39, 0.29) is 0 Å². The smallest absolute Gasteiger partial charge is 0.220 e. The van der Waals surface area contributed by atoms with Crippen LogP contribution in [0.15, 0.2) is 0 Å². The summed E-state index contributed by atoms with van der Waals surface area (Å²) in [6, 6.07) is 0.446. The maximum Gasteiger partial charge on any atom is 0.220 e. The first kappa shape index (κ1) is 17.3. The Balaban J connectivity index is 1.42. The molecule has 3 fully saturated rings. The van der Waals surface area contributed by atoms with Crippen LogP contribution in [-0.2, 0) is 4.79 Å². The van der Waals surface area contributed by atoms with Gasteiger partial charge in [0.25, 0.3) is 0 Å². The molecule has 1 N–H and O–H groups in total. The molecule has 23 heavy (non-hydrogen) atoms. The van der Waals surface area contributed by atoms with Gasteiger partial charge in [-0.25, -0.2) is 0 Å². The average molecular weight is 321 g/mol. The first-order valence-electron chi connectivity index (χ1n) is 10.3. The molecule has 1 aliphatic heterocycles. The summed E-state index contributed by atoms with van der Waals surface area (Å²) in [4.78, 5) is 15.0. The van der Waals surface area contributed by atoms with E-state index in [0.717, 1.165) is 18.8 Å². The normalized spacial score (nSPS) is 30.4. The topological polar surface area (TPSA) is 32.3 Å². The van der Waals surface area contributed by atoms with Crippen LogP contribution in [0.1, 0.15) is 83.5 Å². The van der Waals surface area contributed by atoms with E-state index in [2.05, 4.69) is 10.2 Å². The second-order valence-electron chi connectivity index (χ2n) is 8.27. The van der Waals surface area contributed by atoms with Gasteiger partial charge < -0.3 is 10.2 Å². The van der Waals surface area contributed by atoms with Crippen LogP contribution in [-0.4, -0.2) is 36.5 Å². The third kappa shape index (κ3) is 5.48. The van der Waals surface area contributed by atoms with Crippen LogP contribution in [0.5, 0.6) is 0 Å². The Labute approximate surface area is 142 Å². The zero-order chi connectivity index (χ0) is 15.9.